The van der Waals surface area contributed by atoms with Crippen LogP contribution in [0.5, 0.6) is 0 Å². The van der Waals surface area contributed by atoms with Crippen LogP contribution < -0.4 is 5.30 Å². The van der Waals surface area contributed by atoms with E-state index in [9.17, 15) is 0 Å². The highest BCUT2D eigenvalue weighted by Crippen LogP contribution is 2.32. The minimum Gasteiger partial charge on any atom is -0.105 e. The Morgan fingerprint density at radius 1 is 0.667 bits per heavy atom. The fourth-order valence-electron chi connectivity index (χ4n) is 2.61. The van der Waals surface area contributed by atoms with Crippen LogP contribution in [0.25, 0.3) is 22.3 Å². The summed E-state index contributed by atoms with van der Waals surface area (Å²) < 4.78 is 0. The van der Waals surface area contributed by atoms with Crippen LogP contribution in [0.4, 0.5) is 0 Å². The van der Waals surface area contributed by atoms with Crippen LogP contribution in [0, 0.1) is 13.8 Å². The van der Waals surface area contributed by atoms with Crippen molar-refractivity contribution in [3.05, 3.63) is 77.9 Å². The van der Waals surface area contributed by atoms with Gasteiger partial charge in [0.15, 0.2) is 0 Å². The molecule has 0 aliphatic rings. The Morgan fingerprint density at radius 2 is 1.33 bits per heavy atom. The number of rotatable bonds is 2. The molecule has 0 radical (unpaired) electrons. The number of hydrogen-bond acceptors (Lipinski definition) is 0. The summed E-state index contributed by atoms with van der Waals surface area (Å²) in [6.07, 6.45) is 0. The number of benzene rings is 3. The highest BCUT2D eigenvalue weighted by atomic mass is 31.0. The second-order valence-corrected chi connectivity index (χ2v) is 6.03. The van der Waals surface area contributed by atoms with Crippen molar-refractivity contribution in [2.75, 3.05) is 0 Å². The van der Waals surface area contributed by atoms with Crippen LogP contribution in [-0.4, -0.2) is 0 Å². The summed E-state index contributed by atoms with van der Waals surface area (Å²) in [4.78, 5) is 0. The van der Waals surface area contributed by atoms with Gasteiger partial charge in [-0.2, -0.15) is 0 Å². The Morgan fingerprint density at radius 3 is 2.00 bits per heavy atom. The molecule has 0 spiro atoms. The lowest BCUT2D eigenvalue weighted by atomic mass is 9.92. The molecule has 3 aromatic rings. The first kappa shape index (κ1) is 14.0. The van der Waals surface area contributed by atoms with E-state index in [-0.39, 0.29) is 0 Å². The smallest absolute Gasteiger partial charge is 0.00310 e. The van der Waals surface area contributed by atoms with E-state index in [2.05, 4.69) is 89.8 Å². The van der Waals surface area contributed by atoms with E-state index in [1.165, 1.54) is 38.7 Å². The molecule has 0 saturated heterocycles. The van der Waals surface area contributed by atoms with Crippen molar-refractivity contribution in [3.8, 4) is 22.3 Å². The Bertz CT molecular complexity index is 756. The Kier molecular flexibility index (Phi) is 3.90. The third-order valence-electron chi connectivity index (χ3n) is 3.89. The molecule has 0 fully saturated rings. The first-order valence-electron chi connectivity index (χ1n) is 7.18. The van der Waals surface area contributed by atoms with Crippen molar-refractivity contribution in [3.63, 3.8) is 0 Å². The van der Waals surface area contributed by atoms with Crippen LogP contribution in [0.2, 0.25) is 0 Å². The van der Waals surface area contributed by atoms with Gasteiger partial charge in [-0.25, -0.2) is 0 Å². The zero-order valence-electron chi connectivity index (χ0n) is 12.4. The quantitative estimate of drug-likeness (QED) is 0.573. The molecule has 1 heteroatoms. The summed E-state index contributed by atoms with van der Waals surface area (Å²) in [6.45, 7) is 4.29. The molecule has 0 amide bonds. The van der Waals surface area contributed by atoms with Crippen molar-refractivity contribution in [2.45, 2.75) is 13.8 Å². The minimum atomic E-state index is 1.26. The van der Waals surface area contributed by atoms with Crippen LogP contribution in [0.15, 0.2) is 66.7 Å². The third kappa shape index (κ3) is 2.77. The van der Waals surface area contributed by atoms with Crippen molar-refractivity contribution in [1.82, 2.24) is 0 Å². The van der Waals surface area contributed by atoms with E-state index in [1.807, 2.05) is 0 Å². The highest BCUT2D eigenvalue weighted by molar-refractivity contribution is 7.28. The first-order valence-corrected chi connectivity index (χ1v) is 7.76. The largest absolute Gasteiger partial charge is 0.105 e. The zero-order chi connectivity index (χ0) is 14.8. The van der Waals surface area contributed by atoms with Crippen molar-refractivity contribution >= 4 is 14.5 Å². The second-order valence-electron chi connectivity index (χ2n) is 5.45. The SMILES string of the molecule is Cc1ccc(-c2c(-c3ccccc3)ccc(C)c2P)cc1. The number of aryl methyl sites for hydroxylation is 2. The normalized spacial score (nSPS) is 10.6. The fourth-order valence-corrected chi connectivity index (χ4v) is 3.03. The summed E-state index contributed by atoms with van der Waals surface area (Å²) in [5.74, 6) is 0. The van der Waals surface area contributed by atoms with Gasteiger partial charge in [-0.15, -0.1) is 9.24 Å². The van der Waals surface area contributed by atoms with E-state index >= 15 is 0 Å². The zero-order valence-corrected chi connectivity index (χ0v) is 13.6. The summed E-state index contributed by atoms with van der Waals surface area (Å²) in [5.41, 5.74) is 7.72. The van der Waals surface area contributed by atoms with Gasteiger partial charge in [-0.3, -0.25) is 0 Å². The van der Waals surface area contributed by atoms with Crippen LogP contribution in [-0.2, 0) is 0 Å². The van der Waals surface area contributed by atoms with Crippen LogP contribution in [0.3, 0.4) is 0 Å². The average molecular weight is 290 g/mol. The van der Waals surface area contributed by atoms with Gasteiger partial charge in [0.1, 0.15) is 0 Å². The van der Waals surface area contributed by atoms with Crippen molar-refractivity contribution in [1.29, 1.82) is 0 Å². The molecular weight excluding hydrogens is 271 g/mol. The lowest BCUT2D eigenvalue weighted by Gasteiger charge is -2.15. The number of hydrogen-bond donors (Lipinski definition) is 0. The average Bonchev–Trinajstić information content (AvgIpc) is 2.52. The standard InChI is InChI=1S/C20H19P/c1-14-8-11-17(12-9-14)19-18(13-10-15(2)20(19)21)16-6-4-3-5-7-16/h3-13H,21H2,1-2H3. The molecule has 0 N–H and O–H groups in total. The van der Waals surface area contributed by atoms with Gasteiger partial charge in [-0.1, -0.05) is 72.3 Å². The van der Waals surface area contributed by atoms with Gasteiger partial charge >= 0.3 is 0 Å². The van der Waals surface area contributed by atoms with E-state index in [0.29, 0.717) is 0 Å². The van der Waals surface area contributed by atoms with Crippen LogP contribution in [0.1, 0.15) is 11.1 Å². The predicted octanol–water partition coefficient (Wildman–Crippen LogP) is 5.14. The van der Waals surface area contributed by atoms with Gasteiger partial charge < -0.3 is 0 Å². The van der Waals surface area contributed by atoms with Crippen molar-refractivity contribution < 1.29 is 0 Å². The van der Waals surface area contributed by atoms with E-state index in [4.69, 9.17) is 0 Å². The molecule has 21 heavy (non-hydrogen) atoms. The molecule has 0 heterocycles. The Labute approximate surface area is 129 Å². The van der Waals surface area contributed by atoms with Crippen molar-refractivity contribution in [2.24, 2.45) is 0 Å². The molecule has 0 bridgehead atoms. The summed E-state index contributed by atoms with van der Waals surface area (Å²) in [6, 6.07) is 23.8. The first-order chi connectivity index (χ1) is 10.2. The maximum Gasteiger partial charge on any atom is -0.00310 e. The molecule has 0 nitrogen and oxygen atoms in total. The van der Waals surface area contributed by atoms with Gasteiger partial charge in [0.2, 0.25) is 0 Å². The van der Waals surface area contributed by atoms with Gasteiger partial charge in [-0.05, 0) is 47.0 Å². The summed E-state index contributed by atoms with van der Waals surface area (Å²) in [5, 5.41) is 1.28. The molecule has 3 rings (SSSR count). The predicted molar refractivity (Wildman–Crippen MR) is 96.1 cm³/mol. The monoisotopic (exact) mass is 290 g/mol. The maximum atomic E-state index is 2.91. The molecule has 0 aliphatic carbocycles. The Balaban J connectivity index is 2.27. The fraction of sp³-hybridized carbons (Fsp3) is 0.100. The summed E-state index contributed by atoms with van der Waals surface area (Å²) >= 11 is 0. The molecule has 3 aromatic carbocycles. The molecule has 104 valence electrons. The highest BCUT2D eigenvalue weighted by Gasteiger charge is 2.11. The van der Waals surface area contributed by atoms with E-state index < -0.39 is 0 Å². The second kappa shape index (κ2) is 5.84. The molecule has 0 saturated carbocycles. The molecule has 0 aromatic heterocycles. The van der Waals surface area contributed by atoms with Gasteiger partial charge in [0.05, 0.1) is 0 Å². The molecule has 1 atom stereocenters. The summed E-state index contributed by atoms with van der Waals surface area (Å²) in [7, 11) is 2.91. The molecular formula is C20H19P. The van der Waals surface area contributed by atoms with Gasteiger partial charge in [0.25, 0.3) is 0 Å². The topological polar surface area (TPSA) is 0 Å². The molecule has 1 unspecified atom stereocenters. The van der Waals surface area contributed by atoms with Crippen LogP contribution >= 0.6 is 9.24 Å². The van der Waals surface area contributed by atoms with E-state index in [1.54, 1.807) is 0 Å². The van der Waals surface area contributed by atoms with E-state index in [0.717, 1.165) is 0 Å². The third-order valence-corrected chi connectivity index (χ3v) is 4.63. The maximum absolute atomic E-state index is 2.91. The molecule has 0 aliphatic heterocycles. The lowest BCUT2D eigenvalue weighted by molar-refractivity contribution is 1.46. The minimum absolute atomic E-state index is 1.26. The Hall–Kier alpha value is -1.91. The van der Waals surface area contributed by atoms with Gasteiger partial charge in [0, 0.05) is 0 Å². The lowest BCUT2D eigenvalue weighted by Crippen LogP contribution is -2.04.